The number of amides is 2. The lowest BCUT2D eigenvalue weighted by Gasteiger charge is -2.37. The second-order valence-electron chi connectivity index (χ2n) is 7.19. The fourth-order valence-corrected chi connectivity index (χ4v) is 4.05. The van der Waals surface area contributed by atoms with E-state index in [9.17, 15) is 14.7 Å². The molecule has 8 heteroatoms. The molecule has 2 atom stereocenters. The normalized spacial score (nSPS) is 20.9. The average Bonchev–Trinajstić information content (AvgIpc) is 2.77. The van der Waals surface area contributed by atoms with Gasteiger partial charge in [0.05, 0.1) is 20.1 Å². The molecule has 8 nitrogen and oxygen atoms in total. The monoisotopic (exact) mass is 411 g/mol. The SMILES string of the molecule is COc1ccc(C2CC(=NNC(N)=O)CC(c3ccc(OC)cc3)C2C(=O)O)cc1. The molecule has 3 rings (SSSR count). The summed E-state index contributed by atoms with van der Waals surface area (Å²) in [4.78, 5) is 23.5. The summed E-state index contributed by atoms with van der Waals surface area (Å²) in [5.41, 5.74) is 9.87. The molecule has 1 aliphatic rings. The zero-order valence-corrected chi connectivity index (χ0v) is 16.9. The molecule has 0 aliphatic heterocycles. The van der Waals surface area contributed by atoms with E-state index in [1.807, 2.05) is 48.5 Å². The minimum Gasteiger partial charge on any atom is -0.497 e. The number of carbonyl (C=O) groups excluding carboxylic acids is 1. The van der Waals surface area contributed by atoms with E-state index in [2.05, 4.69) is 10.5 Å². The van der Waals surface area contributed by atoms with Crippen LogP contribution in [0, 0.1) is 5.92 Å². The predicted octanol–water partition coefficient (Wildman–Crippen LogP) is 3.09. The maximum atomic E-state index is 12.4. The third-order valence-electron chi connectivity index (χ3n) is 5.48. The number of benzene rings is 2. The van der Waals surface area contributed by atoms with Crippen molar-refractivity contribution in [2.45, 2.75) is 24.7 Å². The topological polar surface area (TPSA) is 123 Å². The van der Waals surface area contributed by atoms with Crippen molar-refractivity contribution < 1.29 is 24.2 Å². The summed E-state index contributed by atoms with van der Waals surface area (Å²) in [7, 11) is 3.16. The molecule has 0 radical (unpaired) electrons. The van der Waals surface area contributed by atoms with E-state index >= 15 is 0 Å². The summed E-state index contributed by atoms with van der Waals surface area (Å²) in [6.07, 6.45) is 0.798. The lowest BCUT2D eigenvalue weighted by atomic mass is 9.66. The average molecular weight is 411 g/mol. The van der Waals surface area contributed by atoms with Crippen molar-refractivity contribution in [3.63, 3.8) is 0 Å². The van der Waals surface area contributed by atoms with Crippen LogP contribution in [0.3, 0.4) is 0 Å². The number of urea groups is 1. The molecule has 0 heterocycles. The summed E-state index contributed by atoms with van der Waals surface area (Å²) in [5, 5.41) is 14.3. The maximum absolute atomic E-state index is 12.4. The van der Waals surface area contributed by atoms with Gasteiger partial charge in [-0.2, -0.15) is 5.10 Å². The van der Waals surface area contributed by atoms with Gasteiger partial charge in [-0.25, -0.2) is 10.2 Å². The lowest BCUT2D eigenvalue weighted by molar-refractivity contribution is -0.143. The largest absolute Gasteiger partial charge is 0.497 e. The molecule has 30 heavy (non-hydrogen) atoms. The molecule has 158 valence electrons. The fourth-order valence-electron chi connectivity index (χ4n) is 4.05. The Kier molecular flexibility index (Phi) is 6.56. The summed E-state index contributed by atoms with van der Waals surface area (Å²) in [5.74, 6) is -0.821. The Bertz CT molecular complexity index is 865. The molecule has 2 amide bonds. The van der Waals surface area contributed by atoms with Crippen molar-refractivity contribution in [2.24, 2.45) is 16.8 Å². The molecular weight excluding hydrogens is 386 g/mol. The van der Waals surface area contributed by atoms with E-state index in [-0.39, 0.29) is 11.8 Å². The first-order valence-electron chi connectivity index (χ1n) is 9.54. The Morgan fingerprint density at radius 2 is 1.37 bits per heavy atom. The van der Waals surface area contributed by atoms with Crippen molar-refractivity contribution >= 4 is 17.7 Å². The second kappa shape index (κ2) is 9.30. The van der Waals surface area contributed by atoms with Crippen LogP contribution < -0.4 is 20.6 Å². The lowest BCUT2D eigenvalue weighted by Crippen LogP contribution is -2.37. The van der Waals surface area contributed by atoms with E-state index in [0.29, 0.717) is 30.1 Å². The van der Waals surface area contributed by atoms with Crippen LogP contribution in [0.4, 0.5) is 4.79 Å². The number of rotatable bonds is 6. The minimum atomic E-state index is -0.876. The van der Waals surface area contributed by atoms with Crippen molar-refractivity contribution in [2.75, 3.05) is 14.2 Å². The predicted molar refractivity (Wildman–Crippen MR) is 112 cm³/mol. The summed E-state index contributed by atoms with van der Waals surface area (Å²) >= 11 is 0. The summed E-state index contributed by atoms with van der Waals surface area (Å²) in [6.45, 7) is 0. The van der Waals surface area contributed by atoms with Crippen LogP contribution in [-0.2, 0) is 4.79 Å². The van der Waals surface area contributed by atoms with Gasteiger partial charge in [0.25, 0.3) is 0 Å². The van der Waals surface area contributed by atoms with Crippen molar-refractivity contribution in [1.29, 1.82) is 0 Å². The standard InChI is InChI=1S/C22H25N3O5/c1-29-16-7-3-13(4-8-16)18-11-15(24-25-22(23)28)12-19(20(18)21(26)27)14-5-9-17(30-2)10-6-14/h3-10,18-20H,11-12H2,1-2H3,(H,26,27)(H3,23,25,28). The number of methoxy groups -OCH3 is 2. The minimum absolute atomic E-state index is 0.331. The van der Waals surface area contributed by atoms with Crippen LogP contribution in [0.2, 0.25) is 0 Å². The number of carbonyl (C=O) groups is 2. The van der Waals surface area contributed by atoms with Gasteiger partial charge in [0.1, 0.15) is 11.5 Å². The van der Waals surface area contributed by atoms with Crippen LogP contribution in [0.25, 0.3) is 0 Å². The Labute approximate surface area is 174 Å². The van der Waals surface area contributed by atoms with Gasteiger partial charge in [-0.1, -0.05) is 24.3 Å². The van der Waals surface area contributed by atoms with Gasteiger partial charge in [-0.3, -0.25) is 4.79 Å². The first-order chi connectivity index (χ1) is 14.4. The van der Waals surface area contributed by atoms with Gasteiger partial charge < -0.3 is 20.3 Å². The van der Waals surface area contributed by atoms with Gasteiger partial charge in [0.2, 0.25) is 0 Å². The molecule has 4 N–H and O–H groups in total. The molecular formula is C22H25N3O5. The second-order valence-corrected chi connectivity index (χ2v) is 7.19. The first kappa shape index (κ1) is 21.2. The Morgan fingerprint density at radius 1 is 0.933 bits per heavy atom. The quantitative estimate of drug-likeness (QED) is 0.630. The highest BCUT2D eigenvalue weighted by Gasteiger charge is 2.42. The van der Waals surface area contributed by atoms with Crippen LogP contribution in [0.15, 0.2) is 53.6 Å². The number of nitrogens with zero attached hydrogens (tertiary/aromatic N) is 1. The van der Waals surface area contributed by atoms with Crippen molar-refractivity contribution in [3.05, 3.63) is 59.7 Å². The molecule has 0 spiro atoms. The van der Waals surface area contributed by atoms with E-state index in [4.69, 9.17) is 15.2 Å². The van der Waals surface area contributed by atoms with E-state index < -0.39 is 17.9 Å². The number of carboxylic acid groups (broad SMARTS) is 1. The zero-order valence-electron chi connectivity index (χ0n) is 16.9. The molecule has 0 saturated heterocycles. The van der Waals surface area contributed by atoms with Crippen molar-refractivity contribution in [3.8, 4) is 11.5 Å². The number of primary amides is 1. The molecule has 2 unspecified atom stereocenters. The molecule has 2 aromatic carbocycles. The number of aliphatic carboxylic acids is 1. The Hall–Kier alpha value is -3.55. The van der Waals surface area contributed by atoms with Crippen LogP contribution in [0.1, 0.15) is 35.8 Å². The molecule has 2 aromatic rings. The molecule has 1 saturated carbocycles. The highest BCUT2D eigenvalue weighted by atomic mass is 16.5. The van der Waals surface area contributed by atoms with E-state index in [1.54, 1.807) is 14.2 Å². The van der Waals surface area contributed by atoms with Crippen molar-refractivity contribution in [1.82, 2.24) is 5.43 Å². The molecule has 0 aromatic heterocycles. The zero-order chi connectivity index (χ0) is 21.7. The maximum Gasteiger partial charge on any atom is 0.332 e. The summed E-state index contributed by atoms with van der Waals surface area (Å²) < 4.78 is 10.4. The highest BCUT2D eigenvalue weighted by molar-refractivity contribution is 5.90. The Balaban J connectivity index is 2.03. The number of nitrogens with two attached hydrogens (primary N) is 1. The number of nitrogens with one attached hydrogen (secondary N) is 1. The van der Waals surface area contributed by atoms with E-state index in [0.717, 1.165) is 11.1 Å². The Morgan fingerprint density at radius 3 is 1.70 bits per heavy atom. The van der Waals surface area contributed by atoms with Gasteiger partial charge in [-0.05, 0) is 48.2 Å². The first-order valence-corrected chi connectivity index (χ1v) is 9.54. The van der Waals surface area contributed by atoms with Crippen LogP contribution >= 0.6 is 0 Å². The highest BCUT2D eigenvalue weighted by Crippen LogP contribution is 2.45. The molecule has 0 bridgehead atoms. The van der Waals surface area contributed by atoms with Gasteiger partial charge in [0, 0.05) is 17.5 Å². The van der Waals surface area contributed by atoms with Gasteiger partial charge in [0.15, 0.2) is 0 Å². The number of carboxylic acids is 1. The van der Waals surface area contributed by atoms with Crippen LogP contribution in [0.5, 0.6) is 11.5 Å². The third-order valence-corrected chi connectivity index (χ3v) is 5.48. The summed E-state index contributed by atoms with van der Waals surface area (Å²) in [6, 6.07) is 14.0. The molecule has 1 aliphatic carbocycles. The van der Waals surface area contributed by atoms with Crippen LogP contribution in [-0.4, -0.2) is 37.0 Å². The number of ether oxygens (including phenoxy) is 2. The van der Waals surface area contributed by atoms with Gasteiger partial charge in [-0.15, -0.1) is 0 Å². The smallest absolute Gasteiger partial charge is 0.332 e. The molecule has 1 fully saturated rings. The third kappa shape index (κ3) is 4.71. The van der Waals surface area contributed by atoms with Gasteiger partial charge >= 0.3 is 12.0 Å². The fraction of sp³-hybridized carbons (Fsp3) is 0.318. The number of hydrogen-bond donors (Lipinski definition) is 3. The number of hydrogen-bond acceptors (Lipinski definition) is 5. The number of hydrazone groups is 1. The van der Waals surface area contributed by atoms with E-state index in [1.165, 1.54) is 0 Å².